The van der Waals surface area contributed by atoms with Gasteiger partial charge in [0.25, 0.3) is 0 Å². The van der Waals surface area contributed by atoms with Crippen molar-refractivity contribution >= 4 is 34.3 Å². The molecular weight excluding hydrogens is 310 g/mol. The molecule has 0 aromatic heterocycles. The van der Waals surface area contributed by atoms with Crippen LogP contribution in [-0.4, -0.2) is 17.9 Å². The average Bonchev–Trinajstić information content (AvgIpc) is 2.56. The van der Waals surface area contributed by atoms with Crippen molar-refractivity contribution in [2.45, 2.75) is 6.92 Å². The molecule has 116 valence electrons. The lowest BCUT2D eigenvalue weighted by molar-refractivity contribution is 0.318. The number of halogens is 1. The predicted molar refractivity (Wildman–Crippen MR) is 95.5 cm³/mol. The van der Waals surface area contributed by atoms with E-state index in [-0.39, 0.29) is 5.75 Å². The normalized spacial score (nSPS) is 11.2. The van der Waals surface area contributed by atoms with Crippen LogP contribution in [0.4, 0.5) is 5.69 Å². The average molecular weight is 326 g/mol. The largest absolute Gasteiger partial charge is 0.504 e. The number of fused-ring (bicyclic) bond motifs is 1. The maximum Gasteiger partial charge on any atom is 0.166 e. The number of aliphatic imine (C=N–C) groups is 1. The van der Waals surface area contributed by atoms with Gasteiger partial charge in [0.05, 0.1) is 12.3 Å². The quantitative estimate of drug-likeness (QED) is 0.657. The number of hydrogen-bond acceptors (Lipinski definition) is 3. The summed E-state index contributed by atoms with van der Waals surface area (Å²) in [5, 5.41) is 13.0. The van der Waals surface area contributed by atoms with Crippen LogP contribution in [0.5, 0.6) is 11.5 Å². The lowest BCUT2D eigenvalue weighted by Crippen LogP contribution is -1.94. The summed E-state index contributed by atoms with van der Waals surface area (Å²) in [6, 6.07) is 17.3. The molecule has 0 atom stereocenters. The SMILES string of the molecule is CCOc1cc(Cl)cc(C=Nc2ccc3ccccc3c2)c1O. The van der Waals surface area contributed by atoms with Crippen molar-refractivity contribution in [1.82, 2.24) is 0 Å². The summed E-state index contributed by atoms with van der Waals surface area (Å²) in [6.07, 6.45) is 1.59. The molecule has 0 fully saturated rings. The Morgan fingerprint density at radius 1 is 1.09 bits per heavy atom. The van der Waals surface area contributed by atoms with Crippen LogP contribution in [0.2, 0.25) is 5.02 Å². The Hall–Kier alpha value is -2.52. The summed E-state index contributed by atoms with van der Waals surface area (Å²) in [5.74, 6) is 0.403. The van der Waals surface area contributed by atoms with E-state index in [1.165, 1.54) is 0 Å². The number of phenols is 1. The zero-order chi connectivity index (χ0) is 16.2. The van der Waals surface area contributed by atoms with Crippen LogP contribution in [-0.2, 0) is 0 Å². The molecule has 0 amide bonds. The van der Waals surface area contributed by atoms with E-state index in [4.69, 9.17) is 16.3 Å². The minimum Gasteiger partial charge on any atom is -0.504 e. The molecule has 3 aromatic carbocycles. The molecule has 3 rings (SSSR count). The van der Waals surface area contributed by atoms with Gasteiger partial charge in [0.2, 0.25) is 0 Å². The van der Waals surface area contributed by atoms with E-state index in [2.05, 4.69) is 11.1 Å². The van der Waals surface area contributed by atoms with Gasteiger partial charge in [-0.25, -0.2) is 0 Å². The van der Waals surface area contributed by atoms with Crippen molar-refractivity contribution in [1.29, 1.82) is 0 Å². The second kappa shape index (κ2) is 6.71. The second-order valence-electron chi connectivity index (χ2n) is 5.06. The van der Waals surface area contributed by atoms with Crippen molar-refractivity contribution < 1.29 is 9.84 Å². The van der Waals surface area contributed by atoms with Crippen LogP contribution in [0.25, 0.3) is 10.8 Å². The van der Waals surface area contributed by atoms with Gasteiger partial charge in [0, 0.05) is 22.9 Å². The van der Waals surface area contributed by atoms with E-state index in [0.29, 0.717) is 22.9 Å². The summed E-state index contributed by atoms with van der Waals surface area (Å²) in [7, 11) is 0. The molecular formula is C19H16ClNO2. The standard InChI is InChI=1S/C19H16ClNO2/c1-2-23-18-11-16(20)9-15(19(18)22)12-21-17-8-7-13-5-3-4-6-14(13)10-17/h3-12,22H,2H2,1H3. The van der Waals surface area contributed by atoms with Gasteiger partial charge in [-0.3, -0.25) is 4.99 Å². The minimum atomic E-state index is 0.0424. The lowest BCUT2D eigenvalue weighted by atomic mass is 10.1. The maximum absolute atomic E-state index is 10.2. The molecule has 0 radical (unpaired) electrons. The highest BCUT2D eigenvalue weighted by Gasteiger charge is 2.09. The number of nitrogens with zero attached hydrogens (tertiary/aromatic N) is 1. The van der Waals surface area contributed by atoms with Gasteiger partial charge in [0.15, 0.2) is 11.5 Å². The first-order valence-electron chi connectivity index (χ1n) is 7.35. The molecule has 0 aliphatic heterocycles. The molecule has 0 spiro atoms. The van der Waals surface area contributed by atoms with Crippen molar-refractivity contribution in [2.24, 2.45) is 4.99 Å². The van der Waals surface area contributed by atoms with Crippen molar-refractivity contribution in [2.75, 3.05) is 6.61 Å². The Bertz CT molecular complexity index is 874. The fraction of sp³-hybridized carbons (Fsp3) is 0.105. The first-order chi connectivity index (χ1) is 11.2. The second-order valence-corrected chi connectivity index (χ2v) is 5.50. The van der Waals surface area contributed by atoms with Crippen LogP contribution >= 0.6 is 11.6 Å². The third-order valence-electron chi connectivity index (χ3n) is 3.45. The molecule has 0 unspecified atom stereocenters. The lowest BCUT2D eigenvalue weighted by Gasteiger charge is -2.08. The van der Waals surface area contributed by atoms with Gasteiger partial charge < -0.3 is 9.84 Å². The fourth-order valence-corrected chi connectivity index (χ4v) is 2.58. The number of phenolic OH excluding ortho intramolecular Hbond substituents is 1. The summed E-state index contributed by atoms with van der Waals surface area (Å²) in [5.41, 5.74) is 1.33. The highest BCUT2D eigenvalue weighted by atomic mass is 35.5. The van der Waals surface area contributed by atoms with Gasteiger partial charge in [-0.05, 0) is 35.9 Å². The third kappa shape index (κ3) is 3.46. The van der Waals surface area contributed by atoms with Crippen molar-refractivity contribution in [3.63, 3.8) is 0 Å². The zero-order valence-electron chi connectivity index (χ0n) is 12.7. The number of aromatic hydroxyl groups is 1. The molecule has 0 saturated carbocycles. The summed E-state index contributed by atoms with van der Waals surface area (Å²) < 4.78 is 5.37. The van der Waals surface area contributed by atoms with Crippen LogP contribution in [0.15, 0.2) is 59.6 Å². The molecule has 0 aliphatic carbocycles. The molecule has 3 aromatic rings. The Labute approximate surface area is 139 Å². The molecule has 4 heteroatoms. The molecule has 23 heavy (non-hydrogen) atoms. The molecule has 0 bridgehead atoms. The van der Waals surface area contributed by atoms with Crippen LogP contribution in [0.1, 0.15) is 12.5 Å². The fourth-order valence-electron chi connectivity index (χ4n) is 2.36. The summed E-state index contributed by atoms with van der Waals surface area (Å²) in [6.45, 7) is 2.30. The molecule has 0 aliphatic rings. The number of ether oxygens (including phenoxy) is 1. The number of hydrogen-bond donors (Lipinski definition) is 1. The summed E-state index contributed by atoms with van der Waals surface area (Å²) >= 11 is 6.06. The van der Waals surface area contributed by atoms with E-state index in [0.717, 1.165) is 16.5 Å². The van der Waals surface area contributed by atoms with Gasteiger partial charge in [-0.1, -0.05) is 41.9 Å². The smallest absolute Gasteiger partial charge is 0.166 e. The highest BCUT2D eigenvalue weighted by molar-refractivity contribution is 6.31. The van der Waals surface area contributed by atoms with E-state index in [9.17, 15) is 5.11 Å². The molecule has 0 heterocycles. The van der Waals surface area contributed by atoms with Crippen LogP contribution in [0.3, 0.4) is 0 Å². The van der Waals surface area contributed by atoms with E-state index in [1.54, 1.807) is 18.3 Å². The van der Waals surface area contributed by atoms with Crippen molar-refractivity contribution in [3.8, 4) is 11.5 Å². The van der Waals surface area contributed by atoms with Gasteiger partial charge in [-0.2, -0.15) is 0 Å². The van der Waals surface area contributed by atoms with E-state index in [1.807, 2.05) is 43.3 Å². The Morgan fingerprint density at radius 2 is 1.87 bits per heavy atom. The molecule has 0 saturated heterocycles. The summed E-state index contributed by atoms with van der Waals surface area (Å²) in [4.78, 5) is 4.43. The third-order valence-corrected chi connectivity index (χ3v) is 3.67. The first kappa shape index (κ1) is 15.4. The zero-order valence-corrected chi connectivity index (χ0v) is 13.4. The van der Waals surface area contributed by atoms with Gasteiger partial charge in [0.1, 0.15) is 0 Å². The maximum atomic E-state index is 10.2. The highest BCUT2D eigenvalue weighted by Crippen LogP contribution is 2.33. The Kier molecular flexibility index (Phi) is 4.49. The first-order valence-corrected chi connectivity index (χ1v) is 7.73. The van der Waals surface area contributed by atoms with Gasteiger partial charge >= 0.3 is 0 Å². The monoisotopic (exact) mass is 325 g/mol. The van der Waals surface area contributed by atoms with Crippen LogP contribution < -0.4 is 4.74 Å². The van der Waals surface area contributed by atoms with Gasteiger partial charge in [-0.15, -0.1) is 0 Å². The minimum absolute atomic E-state index is 0.0424. The Morgan fingerprint density at radius 3 is 2.65 bits per heavy atom. The van der Waals surface area contributed by atoms with Crippen molar-refractivity contribution in [3.05, 3.63) is 65.2 Å². The Balaban J connectivity index is 1.95. The van der Waals surface area contributed by atoms with E-state index < -0.39 is 0 Å². The van der Waals surface area contributed by atoms with Crippen LogP contribution in [0, 0.1) is 0 Å². The topological polar surface area (TPSA) is 41.8 Å². The number of rotatable bonds is 4. The predicted octanol–water partition coefficient (Wildman–Crippen LogP) is 5.35. The number of benzene rings is 3. The molecule has 3 nitrogen and oxygen atoms in total. The van der Waals surface area contributed by atoms with E-state index >= 15 is 0 Å². The molecule has 1 N–H and O–H groups in total.